The molecule has 160 valence electrons. The van der Waals surface area contributed by atoms with E-state index in [1.165, 1.54) is 12.1 Å². The van der Waals surface area contributed by atoms with Gasteiger partial charge in [-0.2, -0.15) is 0 Å². The fourth-order valence-electron chi connectivity index (χ4n) is 5.08. The number of rotatable bonds is 5. The summed E-state index contributed by atoms with van der Waals surface area (Å²) in [6.07, 6.45) is 4.46. The highest BCUT2D eigenvalue weighted by molar-refractivity contribution is 5.92. The van der Waals surface area contributed by atoms with Crippen molar-refractivity contribution >= 4 is 11.6 Å². The summed E-state index contributed by atoms with van der Waals surface area (Å²) in [5.74, 6) is 0.391. The van der Waals surface area contributed by atoms with E-state index in [4.69, 9.17) is 4.74 Å². The molecule has 2 aliphatic rings. The normalized spacial score (nSPS) is 26.6. The minimum Gasteiger partial charge on any atom is -0.497 e. The Bertz CT molecular complexity index is 871. The third-order valence-electron chi connectivity index (χ3n) is 6.60. The van der Waals surface area contributed by atoms with Crippen LogP contribution in [0, 0.1) is 11.7 Å². The number of halogens is 1. The van der Waals surface area contributed by atoms with Gasteiger partial charge in [-0.25, -0.2) is 4.39 Å². The highest BCUT2D eigenvalue weighted by Gasteiger charge is 2.49. The zero-order valence-electron chi connectivity index (χ0n) is 17.3. The second-order valence-electron chi connectivity index (χ2n) is 8.45. The third-order valence-corrected chi connectivity index (χ3v) is 6.60. The lowest BCUT2D eigenvalue weighted by Gasteiger charge is -2.52. The van der Waals surface area contributed by atoms with E-state index < -0.39 is 5.60 Å². The van der Waals surface area contributed by atoms with Gasteiger partial charge in [0, 0.05) is 24.2 Å². The second-order valence-corrected chi connectivity index (χ2v) is 8.45. The van der Waals surface area contributed by atoms with Gasteiger partial charge in [0.15, 0.2) is 0 Å². The van der Waals surface area contributed by atoms with Gasteiger partial charge in [0.05, 0.1) is 19.3 Å². The van der Waals surface area contributed by atoms with Crippen LogP contribution >= 0.6 is 0 Å². The summed E-state index contributed by atoms with van der Waals surface area (Å²) < 4.78 is 18.7. The summed E-state index contributed by atoms with van der Waals surface area (Å²) in [4.78, 5) is 14.9. The van der Waals surface area contributed by atoms with Crippen molar-refractivity contribution in [2.75, 3.05) is 25.5 Å². The number of ether oxygens (including phenoxy) is 1. The number of carbonyl (C=O) groups is 1. The van der Waals surface area contributed by atoms with Gasteiger partial charge in [-0.3, -0.25) is 9.69 Å². The largest absolute Gasteiger partial charge is 0.497 e. The summed E-state index contributed by atoms with van der Waals surface area (Å²) >= 11 is 0. The van der Waals surface area contributed by atoms with Crippen LogP contribution in [-0.4, -0.2) is 41.7 Å². The summed E-state index contributed by atoms with van der Waals surface area (Å²) in [5.41, 5.74) is 0.962. The van der Waals surface area contributed by atoms with E-state index in [-0.39, 0.29) is 30.2 Å². The van der Waals surface area contributed by atoms with Crippen LogP contribution in [0.25, 0.3) is 0 Å². The molecule has 4 rings (SSSR count). The molecule has 3 atom stereocenters. The van der Waals surface area contributed by atoms with Crippen LogP contribution in [-0.2, 0) is 4.79 Å². The van der Waals surface area contributed by atoms with Crippen molar-refractivity contribution in [2.45, 2.75) is 43.7 Å². The van der Waals surface area contributed by atoms with Crippen LogP contribution in [0.15, 0.2) is 48.5 Å². The van der Waals surface area contributed by atoms with Gasteiger partial charge < -0.3 is 15.2 Å². The van der Waals surface area contributed by atoms with Crippen LogP contribution in [0.4, 0.5) is 10.1 Å². The Balaban J connectivity index is 1.53. The number of likely N-dealkylation sites (tertiary alicyclic amines) is 1. The van der Waals surface area contributed by atoms with Gasteiger partial charge in [0.25, 0.3) is 0 Å². The molecule has 2 aromatic rings. The van der Waals surface area contributed by atoms with E-state index in [1.807, 2.05) is 12.1 Å². The monoisotopic (exact) mass is 412 g/mol. The Morgan fingerprint density at radius 3 is 2.60 bits per heavy atom. The Kier molecular flexibility index (Phi) is 6.06. The summed E-state index contributed by atoms with van der Waals surface area (Å²) in [6.45, 7) is 0.853. The number of piperidine rings is 1. The van der Waals surface area contributed by atoms with Gasteiger partial charge >= 0.3 is 0 Å². The molecule has 1 heterocycles. The fraction of sp³-hybridized carbons (Fsp3) is 0.458. The van der Waals surface area contributed by atoms with Gasteiger partial charge in [-0.1, -0.05) is 25.0 Å². The number of benzene rings is 2. The van der Waals surface area contributed by atoms with Crippen LogP contribution in [0.5, 0.6) is 5.75 Å². The smallest absolute Gasteiger partial charge is 0.238 e. The van der Waals surface area contributed by atoms with Gasteiger partial charge in [0.2, 0.25) is 5.91 Å². The lowest BCUT2D eigenvalue weighted by molar-refractivity contribution is -0.135. The maximum Gasteiger partial charge on any atom is 0.238 e. The van der Waals surface area contributed by atoms with Crippen molar-refractivity contribution in [3.63, 3.8) is 0 Å². The van der Waals surface area contributed by atoms with E-state index in [1.54, 1.807) is 31.4 Å². The first-order chi connectivity index (χ1) is 14.5. The molecule has 0 aromatic heterocycles. The molecule has 2 fully saturated rings. The molecule has 1 amide bonds. The number of aliphatic hydroxyl groups is 1. The predicted molar refractivity (Wildman–Crippen MR) is 114 cm³/mol. The molecular formula is C24H29FN2O3. The first-order valence-electron chi connectivity index (χ1n) is 10.6. The second kappa shape index (κ2) is 8.74. The number of methoxy groups -OCH3 is 1. The third kappa shape index (κ3) is 4.35. The Morgan fingerprint density at radius 1 is 1.17 bits per heavy atom. The van der Waals surface area contributed by atoms with Crippen LogP contribution < -0.4 is 10.1 Å². The Hall–Kier alpha value is -2.44. The first kappa shape index (κ1) is 20.8. The van der Waals surface area contributed by atoms with Gasteiger partial charge in [0.1, 0.15) is 11.6 Å². The first-order valence-corrected chi connectivity index (χ1v) is 10.6. The lowest BCUT2D eigenvalue weighted by Crippen LogP contribution is -2.56. The minimum atomic E-state index is -0.708. The van der Waals surface area contributed by atoms with Crippen LogP contribution in [0.1, 0.15) is 43.7 Å². The maximum atomic E-state index is 13.5. The van der Waals surface area contributed by atoms with Crippen molar-refractivity contribution < 1.29 is 19.0 Å². The summed E-state index contributed by atoms with van der Waals surface area (Å²) in [5, 5.41) is 14.2. The van der Waals surface area contributed by atoms with E-state index in [0.717, 1.165) is 37.0 Å². The van der Waals surface area contributed by atoms with Crippen molar-refractivity contribution in [3.05, 3.63) is 59.9 Å². The average molecular weight is 413 g/mol. The maximum absolute atomic E-state index is 13.5. The predicted octanol–water partition coefficient (Wildman–Crippen LogP) is 4.14. The molecule has 2 N–H and O–H groups in total. The SMILES string of the molecule is COc1ccc(NC(=O)CN2CC[C@]3(O)CCCC[C@@H]3[C@H]2c2ccc(F)cc2)cc1. The minimum absolute atomic E-state index is 0.0410. The Labute approximate surface area is 176 Å². The number of nitrogens with zero attached hydrogens (tertiary/aromatic N) is 1. The number of anilines is 1. The van der Waals surface area contributed by atoms with E-state index in [9.17, 15) is 14.3 Å². The van der Waals surface area contributed by atoms with Crippen molar-refractivity contribution in [1.82, 2.24) is 4.90 Å². The van der Waals surface area contributed by atoms with Crippen molar-refractivity contribution in [1.29, 1.82) is 0 Å². The van der Waals surface area contributed by atoms with Crippen molar-refractivity contribution in [3.8, 4) is 5.75 Å². The van der Waals surface area contributed by atoms with E-state index in [0.29, 0.717) is 18.7 Å². The zero-order chi connectivity index (χ0) is 21.1. The summed E-state index contributed by atoms with van der Waals surface area (Å²) in [6, 6.07) is 13.6. The van der Waals surface area contributed by atoms with Gasteiger partial charge in [-0.15, -0.1) is 0 Å². The molecule has 2 aromatic carbocycles. The number of carbonyl (C=O) groups excluding carboxylic acids is 1. The molecule has 5 nitrogen and oxygen atoms in total. The van der Waals surface area contributed by atoms with Crippen LogP contribution in [0.2, 0.25) is 0 Å². The van der Waals surface area contributed by atoms with E-state index in [2.05, 4.69) is 10.2 Å². The zero-order valence-corrected chi connectivity index (χ0v) is 17.3. The molecule has 1 aliphatic carbocycles. The summed E-state index contributed by atoms with van der Waals surface area (Å²) in [7, 11) is 1.60. The number of amides is 1. The molecule has 0 radical (unpaired) electrons. The highest BCUT2D eigenvalue weighted by Crippen LogP contribution is 2.49. The van der Waals surface area contributed by atoms with Crippen molar-refractivity contribution in [2.24, 2.45) is 5.92 Å². The molecule has 1 aliphatic heterocycles. The molecule has 1 saturated carbocycles. The van der Waals surface area contributed by atoms with Gasteiger partial charge in [-0.05, 0) is 61.2 Å². The number of hydrogen-bond acceptors (Lipinski definition) is 4. The molecule has 6 heteroatoms. The van der Waals surface area contributed by atoms with E-state index >= 15 is 0 Å². The Morgan fingerprint density at radius 2 is 1.90 bits per heavy atom. The highest BCUT2D eigenvalue weighted by atomic mass is 19.1. The average Bonchev–Trinajstić information content (AvgIpc) is 2.75. The molecule has 1 saturated heterocycles. The standard InChI is InChI=1S/C24H29FN2O3/c1-30-20-11-9-19(10-12-20)26-22(28)16-27-15-14-24(29)13-3-2-4-21(24)23(27)17-5-7-18(25)8-6-17/h5-12,21,23,29H,2-4,13-16H2,1H3,(H,26,28)/t21-,23-,24-/m1/s1. The topological polar surface area (TPSA) is 61.8 Å². The quantitative estimate of drug-likeness (QED) is 0.775. The number of nitrogens with one attached hydrogen (secondary N) is 1. The lowest BCUT2D eigenvalue weighted by atomic mass is 9.66. The molecule has 0 unspecified atom stereocenters. The van der Waals surface area contributed by atoms with Crippen LogP contribution in [0.3, 0.4) is 0 Å². The molecule has 30 heavy (non-hydrogen) atoms. The number of hydrogen-bond donors (Lipinski definition) is 2. The molecular weight excluding hydrogens is 383 g/mol. The fourth-order valence-corrected chi connectivity index (χ4v) is 5.08. The molecule has 0 bridgehead atoms. The number of fused-ring (bicyclic) bond motifs is 1. The molecule has 0 spiro atoms.